The minimum absolute atomic E-state index is 0.0702. The SMILES string of the molecule is CCC(C)N(CCOC)C(=O)C(C)C. The van der Waals surface area contributed by atoms with Gasteiger partial charge in [0.15, 0.2) is 0 Å². The first kappa shape index (κ1) is 13.4. The molecule has 0 saturated carbocycles. The highest BCUT2D eigenvalue weighted by Gasteiger charge is 2.20. The minimum Gasteiger partial charge on any atom is -0.383 e. The normalized spacial score (nSPS) is 13.0. The average molecular weight is 201 g/mol. The number of carbonyl (C=O) groups excluding carboxylic acids is 1. The van der Waals surface area contributed by atoms with E-state index in [2.05, 4.69) is 13.8 Å². The first-order chi connectivity index (χ1) is 6.54. The van der Waals surface area contributed by atoms with Crippen molar-refractivity contribution >= 4 is 5.91 Å². The summed E-state index contributed by atoms with van der Waals surface area (Å²) in [6, 6.07) is 0.306. The lowest BCUT2D eigenvalue weighted by molar-refractivity contribution is -0.137. The topological polar surface area (TPSA) is 29.5 Å². The van der Waals surface area contributed by atoms with Crippen molar-refractivity contribution in [3.8, 4) is 0 Å². The number of carbonyl (C=O) groups is 1. The Bertz CT molecular complexity index is 169. The van der Waals surface area contributed by atoms with Crippen LogP contribution in [0.25, 0.3) is 0 Å². The number of rotatable bonds is 6. The second-order valence-corrected chi connectivity index (χ2v) is 3.94. The lowest BCUT2D eigenvalue weighted by Crippen LogP contribution is -2.42. The van der Waals surface area contributed by atoms with Crippen molar-refractivity contribution in [1.29, 1.82) is 0 Å². The van der Waals surface area contributed by atoms with Crippen LogP contribution < -0.4 is 0 Å². The van der Waals surface area contributed by atoms with Crippen LogP contribution in [0.2, 0.25) is 0 Å². The first-order valence-corrected chi connectivity index (χ1v) is 5.34. The van der Waals surface area contributed by atoms with Crippen LogP contribution in [0.15, 0.2) is 0 Å². The predicted octanol–water partition coefficient (Wildman–Crippen LogP) is 1.92. The summed E-state index contributed by atoms with van der Waals surface area (Å²) in [5, 5.41) is 0. The number of ether oxygens (including phenoxy) is 1. The summed E-state index contributed by atoms with van der Waals surface area (Å²) < 4.78 is 5.00. The first-order valence-electron chi connectivity index (χ1n) is 5.34. The Morgan fingerprint density at radius 3 is 2.29 bits per heavy atom. The van der Waals surface area contributed by atoms with Gasteiger partial charge in [-0.05, 0) is 13.3 Å². The van der Waals surface area contributed by atoms with E-state index >= 15 is 0 Å². The molecule has 0 aromatic carbocycles. The fourth-order valence-electron chi connectivity index (χ4n) is 1.29. The molecule has 0 aromatic rings. The Morgan fingerprint density at radius 2 is 1.93 bits per heavy atom. The summed E-state index contributed by atoms with van der Waals surface area (Å²) in [5.41, 5.74) is 0. The number of hydrogen-bond donors (Lipinski definition) is 0. The molecule has 3 nitrogen and oxygen atoms in total. The molecule has 0 bridgehead atoms. The third-order valence-electron chi connectivity index (χ3n) is 2.44. The highest BCUT2D eigenvalue weighted by Crippen LogP contribution is 2.08. The molecule has 0 N–H and O–H groups in total. The fraction of sp³-hybridized carbons (Fsp3) is 0.909. The van der Waals surface area contributed by atoms with Gasteiger partial charge in [0.2, 0.25) is 5.91 Å². The zero-order valence-electron chi connectivity index (χ0n) is 10.0. The van der Waals surface area contributed by atoms with Gasteiger partial charge in [0.1, 0.15) is 0 Å². The lowest BCUT2D eigenvalue weighted by Gasteiger charge is -2.29. The summed E-state index contributed by atoms with van der Waals surface area (Å²) in [5.74, 6) is 0.289. The van der Waals surface area contributed by atoms with E-state index in [0.29, 0.717) is 19.2 Å². The van der Waals surface area contributed by atoms with Gasteiger partial charge in [0, 0.05) is 25.6 Å². The zero-order chi connectivity index (χ0) is 11.1. The van der Waals surface area contributed by atoms with Crippen LogP contribution in [-0.2, 0) is 9.53 Å². The van der Waals surface area contributed by atoms with Crippen molar-refractivity contribution < 1.29 is 9.53 Å². The summed E-state index contributed by atoms with van der Waals surface area (Å²) in [6.07, 6.45) is 0.988. The van der Waals surface area contributed by atoms with Gasteiger partial charge in [-0.3, -0.25) is 4.79 Å². The second-order valence-electron chi connectivity index (χ2n) is 3.94. The molecule has 1 unspecified atom stereocenters. The molecule has 0 rings (SSSR count). The number of nitrogens with zero attached hydrogens (tertiary/aromatic N) is 1. The van der Waals surface area contributed by atoms with Crippen LogP contribution in [0.5, 0.6) is 0 Å². The molecule has 0 aromatic heterocycles. The number of methoxy groups -OCH3 is 1. The lowest BCUT2D eigenvalue weighted by atomic mass is 10.1. The van der Waals surface area contributed by atoms with Crippen LogP contribution >= 0.6 is 0 Å². The van der Waals surface area contributed by atoms with Crippen LogP contribution in [-0.4, -0.2) is 37.1 Å². The third-order valence-corrected chi connectivity index (χ3v) is 2.44. The van der Waals surface area contributed by atoms with Gasteiger partial charge in [-0.15, -0.1) is 0 Å². The van der Waals surface area contributed by atoms with E-state index in [9.17, 15) is 4.79 Å². The maximum Gasteiger partial charge on any atom is 0.225 e. The van der Waals surface area contributed by atoms with E-state index < -0.39 is 0 Å². The summed E-state index contributed by atoms with van der Waals surface area (Å²) in [4.78, 5) is 13.7. The average Bonchev–Trinajstić information content (AvgIpc) is 2.17. The van der Waals surface area contributed by atoms with E-state index in [4.69, 9.17) is 4.74 Å². The van der Waals surface area contributed by atoms with Gasteiger partial charge < -0.3 is 9.64 Å². The van der Waals surface area contributed by atoms with Gasteiger partial charge in [-0.1, -0.05) is 20.8 Å². The molecule has 84 valence electrons. The fourth-order valence-corrected chi connectivity index (χ4v) is 1.29. The third kappa shape index (κ3) is 4.09. The zero-order valence-corrected chi connectivity index (χ0v) is 10.0. The monoisotopic (exact) mass is 201 g/mol. The van der Waals surface area contributed by atoms with Gasteiger partial charge in [-0.2, -0.15) is 0 Å². The summed E-state index contributed by atoms with van der Waals surface area (Å²) >= 11 is 0. The van der Waals surface area contributed by atoms with Gasteiger partial charge >= 0.3 is 0 Å². The van der Waals surface area contributed by atoms with Crippen molar-refractivity contribution in [3.63, 3.8) is 0 Å². The van der Waals surface area contributed by atoms with Crippen molar-refractivity contribution in [1.82, 2.24) is 4.90 Å². The second kappa shape index (κ2) is 6.82. The highest BCUT2D eigenvalue weighted by molar-refractivity contribution is 5.78. The van der Waals surface area contributed by atoms with E-state index in [1.54, 1.807) is 7.11 Å². The van der Waals surface area contributed by atoms with Crippen LogP contribution in [0.1, 0.15) is 34.1 Å². The van der Waals surface area contributed by atoms with Gasteiger partial charge in [0.25, 0.3) is 0 Å². The summed E-state index contributed by atoms with van der Waals surface area (Å²) in [7, 11) is 1.66. The molecule has 1 atom stereocenters. The molecule has 0 aliphatic rings. The summed E-state index contributed by atoms with van der Waals surface area (Å²) in [6.45, 7) is 9.36. The smallest absolute Gasteiger partial charge is 0.225 e. The van der Waals surface area contributed by atoms with Crippen LogP contribution in [0.4, 0.5) is 0 Å². The van der Waals surface area contributed by atoms with Crippen molar-refractivity contribution in [2.45, 2.75) is 40.2 Å². The molecule has 3 heteroatoms. The quantitative estimate of drug-likeness (QED) is 0.657. The van der Waals surface area contributed by atoms with E-state index in [0.717, 1.165) is 6.42 Å². The molecule has 0 spiro atoms. The Morgan fingerprint density at radius 1 is 1.36 bits per heavy atom. The minimum atomic E-state index is 0.0702. The maximum absolute atomic E-state index is 11.8. The largest absolute Gasteiger partial charge is 0.383 e. The van der Waals surface area contributed by atoms with E-state index in [1.807, 2.05) is 18.7 Å². The van der Waals surface area contributed by atoms with E-state index in [1.165, 1.54) is 0 Å². The Labute approximate surface area is 87.4 Å². The molecule has 0 heterocycles. The van der Waals surface area contributed by atoms with Crippen LogP contribution in [0.3, 0.4) is 0 Å². The van der Waals surface area contributed by atoms with Crippen molar-refractivity contribution in [2.24, 2.45) is 5.92 Å². The van der Waals surface area contributed by atoms with Gasteiger partial charge in [0.05, 0.1) is 6.61 Å². The van der Waals surface area contributed by atoms with Gasteiger partial charge in [-0.25, -0.2) is 0 Å². The molecule has 1 amide bonds. The molecular weight excluding hydrogens is 178 g/mol. The molecule has 0 aliphatic heterocycles. The Kier molecular flexibility index (Phi) is 6.54. The van der Waals surface area contributed by atoms with Crippen molar-refractivity contribution in [3.05, 3.63) is 0 Å². The molecule has 0 radical (unpaired) electrons. The highest BCUT2D eigenvalue weighted by atomic mass is 16.5. The van der Waals surface area contributed by atoms with E-state index in [-0.39, 0.29) is 11.8 Å². The van der Waals surface area contributed by atoms with Crippen molar-refractivity contribution in [2.75, 3.05) is 20.3 Å². The molecule has 0 aliphatic carbocycles. The number of hydrogen-bond acceptors (Lipinski definition) is 2. The van der Waals surface area contributed by atoms with Crippen LogP contribution in [0, 0.1) is 5.92 Å². The predicted molar refractivity (Wildman–Crippen MR) is 58.2 cm³/mol. The number of amides is 1. The Hall–Kier alpha value is -0.570. The standard InChI is InChI=1S/C11H23NO2/c1-6-10(4)12(7-8-14-5)11(13)9(2)3/h9-10H,6-8H2,1-5H3. The molecule has 14 heavy (non-hydrogen) atoms. The molecular formula is C11H23NO2. The molecule has 0 fully saturated rings. The maximum atomic E-state index is 11.8. The Balaban J connectivity index is 4.30. The molecule has 0 saturated heterocycles.